The van der Waals surface area contributed by atoms with Crippen LogP contribution in [0.2, 0.25) is 0 Å². The van der Waals surface area contributed by atoms with Crippen molar-refractivity contribution in [2.75, 3.05) is 13.6 Å². The van der Waals surface area contributed by atoms with Crippen molar-refractivity contribution in [3.8, 4) is 0 Å². The molecule has 0 spiro atoms. The predicted molar refractivity (Wildman–Crippen MR) is 54.2 cm³/mol. The maximum atomic E-state index is 10.9. The van der Waals surface area contributed by atoms with Crippen molar-refractivity contribution in [1.29, 1.82) is 0 Å². The van der Waals surface area contributed by atoms with E-state index < -0.39 is 0 Å². The molecule has 0 aromatic rings. The van der Waals surface area contributed by atoms with Crippen molar-refractivity contribution in [2.24, 2.45) is 0 Å². The van der Waals surface area contributed by atoms with Crippen LogP contribution in [-0.4, -0.2) is 24.4 Å². The van der Waals surface area contributed by atoms with Gasteiger partial charge >= 0.3 is 0 Å². The minimum absolute atomic E-state index is 0.244. The fourth-order valence-electron chi connectivity index (χ4n) is 0.790. The smallest absolute Gasteiger partial charge is 0.222 e. The molecule has 0 N–H and O–H groups in total. The van der Waals surface area contributed by atoms with Gasteiger partial charge in [0.1, 0.15) is 0 Å². The van der Waals surface area contributed by atoms with Gasteiger partial charge in [-0.1, -0.05) is 34.1 Å². The summed E-state index contributed by atoms with van der Waals surface area (Å²) in [6.07, 6.45) is 2.89. The molecule has 0 bridgehead atoms. The molecule has 1 amide bonds. The van der Waals surface area contributed by atoms with E-state index in [9.17, 15) is 4.79 Å². The lowest BCUT2D eigenvalue weighted by Crippen LogP contribution is -2.26. The van der Waals surface area contributed by atoms with Crippen LogP contribution >= 0.6 is 0 Å². The van der Waals surface area contributed by atoms with Crippen LogP contribution in [-0.2, 0) is 4.79 Å². The molecule has 0 aliphatic carbocycles. The number of nitrogens with zero attached hydrogens (tertiary/aromatic N) is 1. The quantitative estimate of drug-likeness (QED) is 0.640. The number of rotatable bonds is 4. The molecule has 12 heavy (non-hydrogen) atoms. The highest BCUT2D eigenvalue weighted by Gasteiger charge is 2.02. The van der Waals surface area contributed by atoms with Gasteiger partial charge in [0, 0.05) is 20.0 Å². The standard InChI is InChI=1S/C8H17NO.C2H6/c1-4-6-7-9(3)8(10)5-2;1-2/h4-7H2,1-3H3;1-2H3. The van der Waals surface area contributed by atoms with Gasteiger partial charge in [-0.2, -0.15) is 0 Å². The molecule has 0 aliphatic rings. The summed E-state index contributed by atoms with van der Waals surface area (Å²) >= 11 is 0. The molecule has 0 heterocycles. The number of hydrogen-bond acceptors (Lipinski definition) is 1. The third-order valence-electron chi connectivity index (χ3n) is 1.58. The Kier molecular flexibility index (Phi) is 12.2. The molecule has 0 saturated carbocycles. The van der Waals surface area contributed by atoms with E-state index in [-0.39, 0.29) is 5.91 Å². The van der Waals surface area contributed by atoms with Gasteiger partial charge in [-0.3, -0.25) is 4.79 Å². The number of carbonyl (C=O) groups excluding carboxylic acids is 1. The van der Waals surface area contributed by atoms with Crippen LogP contribution in [0.25, 0.3) is 0 Å². The zero-order valence-electron chi connectivity index (χ0n) is 9.18. The van der Waals surface area contributed by atoms with Gasteiger partial charge in [-0.05, 0) is 6.42 Å². The molecular formula is C10H23NO. The minimum atomic E-state index is 0.244. The van der Waals surface area contributed by atoms with Crippen molar-refractivity contribution < 1.29 is 4.79 Å². The second-order valence-corrected chi connectivity index (χ2v) is 2.52. The van der Waals surface area contributed by atoms with Crippen LogP contribution in [0.5, 0.6) is 0 Å². The van der Waals surface area contributed by atoms with E-state index >= 15 is 0 Å². The summed E-state index contributed by atoms with van der Waals surface area (Å²) < 4.78 is 0. The normalized spacial score (nSPS) is 8.42. The fraction of sp³-hybridized carbons (Fsp3) is 0.900. The zero-order valence-corrected chi connectivity index (χ0v) is 9.18. The number of hydrogen-bond donors (Lipinski definition) is 0. The molecule has 0 saturated heterocycles. The molecular weight excluding hydrogens is 150 g/mol. The van der Waals surface area contributed by atoms with Crippen LogP contribution < -0.4 is 0 Å². The Morgan fingerprint density at radius 1 is 1.25 bits per heavy atom. The van der Waals surface area contributed by atoms with Gasteiger partial charge in [0.25, 0.3) is 0 Å². The first kappa shape index (κ1) is 14.0. The van der Waals surface area contributed by atoms with Crippen LogP contribution in [0.1, 0.15) is 47.0 Å². The predicted octanol–water partition coefficient (Wildman–Crippen LogP) is 2.68. The van der Waals surface area contributed by atoms with Crippen molar-refractivity contribution in [1.82, 2.24) is 4.90 Å². The van der Waals surface area contributed by atoms with E-state index in [1.54, 1.807) is 4.90 Å². The lowest BCUT2D eigenvalue weighted by molar-refractivity contribution is -0.129. The Balaban J connectivity index is 0. The summed E-state index contributed by atoms with van der Waals surface area (Å²) in [5, 5.41) is 0. The van der Waals surface area contributed by atoms with E-state index in [2.05, 4.69) is 6.92 Å². The topological polar surface area (TPSA) is 20.3 Å². The molecule has 0 fully saturated rings. The third kappa shape index (κ3) is 7.58. The van der Waals surface area contributed by atoms with Gasteiger partial charge in [0.2, 0.25) is 5.91 Å². The first-order chi connectivity index (χ1) is 5.72. The summed E-state index contributed by atoms with van der Waals surface area (Å²) in [5.41, 5.74) is 0. The molecule has 0 radical (unpaired) electrons. The zero-order chi connectivity index (χ0) is 9.98. The second-order valence-electron chi connectivity index (χ2n) is 2.52. The van der Waals surface area contributed by atoms with E-state index in [1.165, 1.54) is 0 Å². The molecule has 0 atom stereocenters. The summed E-state index contributed by atoms with van der Waals surface area (Å²) in [6, 6.07) is 0. The average molecular weight is 173 g/mol. The van der Waals surface area contributed by atoms with E-state index in [0.717, 1.165) is 19.4 Å². The maximum Gasteiger partial charge on any atom is 0.222 e. The molecule has 74 valence electrons. The SMILES string of the molecule is CC.CCCCN(C)C(=O)CC. The highest BCUT2D eigenvalue weighted by molar-refractivity contribution is 5.75. The Hall–Kier alpha value is -0.530. The highest BCUT2D eigenvalue weighted by atomic mass is 16.2. The van der Waals surface area contributed by atoms with Gasteiger partial charge in [0.15, 0.2) is 0 Å². The van der Waals surface area contributed by atoms with Crippen molar-refractivity contribution in [3.63, 3.8) is 0 Å². The largest absolute Gasteiger partial charge is 0.346 e. The summed E-state index contributed by atoms with van der Waals surface area (Å²) in [5.74, 6) is 0.244. The van der Waals surface area contributed by atoms with Gasteiger partial charge in [-0.25, -0.2) is 0 Å². The van der Waals surface area contributed by atoms with Crippen molar-refractivity contribution in [2.45, 2.75) is 47.0 Å². The molecule has 0 aromatic carbocycles. The summed E-state index contributed by atoms with van der Waals surface area (Å²) in [7, 11) is 1.86. The number of amides is 1. The maximum absolute atomic E-state index is 10.9. The minimum Gasteiger partial charge on any atom is -0.346 e. The van der Waals surface area contributed by atoms with Crippen LogP contribution in [0.3, 0.4) is 0 Å². The van der Waals surface area contributed by atoms with E-state index in [4.69, 9.17) is 0 Å². The summed E-state index contributed by atoms with van der Waals surface area (Å²) in [6.45, 7) is 8.93. The van der Waals surface area contributed by atoms with Gasteiger partial charge < -0.3 is 4.90 Å². The molecule has 0 unspecified atom stereocenters. The molecule has 0 aliphatic heterocycles. The van der Waals surface area contributed by atoms with Crippen LogP contribution in [0, 0.1) is 0 Å². The first-order valence-corrected chi connectivity index (χ1v) is 4.96. The van der Waals surface area contributed by atoms with E-state index in [0.29, 0.717) is 6.42 Å². The van der Waals surface area contributed by atoms with Crippen molar-refractivity contribution >= 4 is 5.91 Å². The lowest BCUT2D eigenvalue weighted by Gasteiger charge is -2.14. The lowest BCUT2D eigenvalue weighted by atomic mass is 10.3. The number of carbonyl (C=O) groups is 1. The molecule has 0 aromatic heterocycles. The molecule has 2 heteroatoms. The Bertz CT molecular complexity index is 102. The molecule has 2 nitrogen and oxygen atoms in total. The summed E-state index contributed by atoms with van der Waals surface area (Å²) in [4.78, 5) is 12.7. The van der Waals surface area contributed by atoms with Crippen molar-refractivity contribution in [3.05, 3.63) is 0 Å². The highest BCUT2D eigenvalue weighted by Crippen LogP contribution is 1.93. The van der Waals surface area contributed by atoms with Crippen LogP contribution in [0.4, 0.5) is 0 Å². The van der Waals surface area contributed by atoms with Gasteiger partial charge in [-0.15, -0.1) is 0 Å². The second kappa shape index (κ2) is 10.5. The fourth-order valence-corrected chi connectivity index (χ4v) is 0.790. The third-order valence-corrected chi connectivity index (χ3v) is 1.58. The van der Waals surface area contributed by atoms with Crippen LogP contribution in [0.15, 0.2) is 0 Å². The first-order valence-electron chi connectivity index (χ1n) is 4.96. The number of unbranched alkanes of at least 4 members (excludes halogenated alkanes) is 1. The van der Waals surface area contributed by atoms with E-state index in [1.807, 2.05) is 27.8 Å². The Morgan fingerprint density at radius 2 is 1.75 bits per heavy atom. The monoisotopic (exact) mass is 173 g/mol. The Labute approximate surface area is 77.0 Å². The Morgan fingerprint density at radius 3 is 2.08 bits per heavy atom. The average Bonchev–Trinajstić information content (AvgIpc) is 2.16. The van der Waals surface area contributed by atoms with Gasteiger partial charge in [0.05, 0.1) is 0 Å². The molecule has 0 rings (SSSR count).